The number of hydrogen-bond donors (Lipinski definition) is 0. The summed E-state index contributed by atoms with van der Waals surface area (Å²) in [5.41, 5.74) is 8.27. The SMILES string of the molecule is Cn1nc(-c2ccccc2)c2c1CCN(Cc1cscn1)CC2. The lowest BCUT2D eigenvalue weighted by Gasteiger charge is -2.18. The van der Waals surface area contributed by atoms with E-state index in [2.05, 4.69) is 57.3 Å². The molecule has 1 aliphatic rings. The lowest BCUT2D eigenvalue weighted by molar-refractivity contribution is 0.275. The molecule has 4 rings (SSSR count). The lowest BCUT2D eigenvalue weighted by Crippen LogP contribution is -2.26. The van der Waals surface area contributed by atoms with Gasteiger partial charge in [0, 0.05) is 55.3 Å². The lowest BCUT2D eigenvalue weighted by atomic mass is 10.0. The Bertz CT molecular complexity index is 777. The number of nitrogens with zero attached hydrogens (tertiary/aromatic N) is 4. The van der Waals surface area contributed by atoms with Crippen molar-refractivity contribution in [2.24, 2.45) is 7.05 Å². The molecular formula is C18H20N4S. The van der Waals surface area contributed by atoms with Crippen molar-refractivity contribution in [2.75, 3.05) is 13.1 Å². The van der Waals surface area contributed by atoms with Gasteiger partial charge >= 0.3 is 0 Å². The van der Waals surface area contributed by atoms with E-state index in [9.17, 15) is 0 Å². The summed E-state index contributed by atoms with van der Waals surface area (Å²) in [7, 11) is 2.07. The van der Waals surface area contributed by atoms with E-state index >= 15 is 0 Å². The minimum Gasteiger partial charge on any atom is -0.297 e. The highest BCUT2D eigenvalue weighted by Crippen LogP contribution is 2.28. The molecule has 0 saturated carbocycles. The monoisotopic (exact) mass is 324 g/mol. The van der Waals surface area contributed by atoms with Gasteiger partial charge in [0.15, 0.2) is 0 Å². The normalized spacial score (nSPS) is 15.3. The van der Waals surface area contributed by atoms with Crippen LogP contribution < -0.4 is 0 Å². The number of aromatic nitrogens is 3. The maximum absolute atomic E-state index is 4.79. The first-order valence-corrected chi connectivity index (χ1v) is 8.95. The second-order valence-corrected chi connectivity index (χ2v) is 6.74. The molecule has 0 amide bonds. The molecule has 2 aromatic heterocycles. The molecule has 0 N–H and O–H groups in total. The minimum absolute atomic E-state index is 0.950. The van der Waals surface area contributed by atoms with Crippen molar-refractivity contribution in [1.82, 2.24) is 19.7 Å². The van der Waals surface area contributed by atoms with Crippen molar-refractivity contribution in [3.63, 3.8) is 0 Å². The van der Waals surface area contributed by atoms with E-state index in [1.54, 1.807) is 11.3 Å². The van der Waals surface area contributed by atoms with Gasteiger partial charge < -0.3 is 0 Å². The van der Waals surface area contributed by atoms with Crippen molar-refractivity contribution in [1.29, 1.82) is 0 Å². The fourth-order valence-corrected chi connectivity index (χ4v) is 3.90. The minimum atomic E-state index is 0.950. The second-order valence-electron chi connectivity index (χ2n) is 6.02. The Hall–Kier alpha value is -1.98. The summed E-state index contributed by atoms with van der Waals surface area (Å²) in [6.07, 6.45) is 2.10. The van der Waals surface area contributed by atoms with E-state index in [1.165, 1.54) is 22.5 Å². The maximum atomic E-state index is 4.79. The van der Waals surface area contributed by atoms with Crippen LogP contribution in [-0.2, 0) is 26.4 Å². The molecule has 0 saturated heterocycles. The van der Waals surface area contributed by atoms with Crippen LogP contribution in [0.3, 0.4) is 0 Å². The van der Waals surface area contributed by atoms with Gasteiger partial charge in [-0.15, -0.1) is 11.3 Å². The van der Waals surface area contributed by atoms with Gasteiger partial charge in [-0.25, -0.2) is 4.98 Å². The predicted molar refractivity (Wildman–Crippen MR) is 93.4 cm³/mol. The first kappa shape index (κ1) is 14.6. The van der Waals surface area contributed by atoms with Crippen molar-refractivity contribution in [2.45, 2.75) is 19.4 Å². The summed E-state index contributed by atoms with van der Waals surface area (Å²) in [5, 5.41) is 6.94. The van der Waals surface area contributed by atoms with Crippen molar-refractivity contribution < 1.29 is 0 Å². The summed E-state index contributed by atoms with van der Waals surface area (Å²) >= 11 is 1.67. The highest BCUT2D eigenvalue weighted by molar-refractivity contribution is 7.07. The van der Waals surface area contributed by atoms with Crippen LogP contribution in [0.1, 0.15) is 17.0 Å². The third-order valence-corrected chi connectivity index (χ3v) is 5.17. The highest BCUT2D eigenvalue weighted by Gasteiger charge is 2.22. The molecule has 0 radical (unpaired) electrons. The quantitative estimate of drug-likeness (QED) is 0.742. The van der Waals surface area contributed by atoms with Crippen LogP contribution >= 0.6 is 11.3 Å². The van der Waals surface area contributed by atoms with Crippen molar-refractivity contribution >= 4 is 11.3 Å². The molecule has 5 heteroatoms. The fourth-order valence-electron chi connectivity index (χ4n) is 3.35. The Labute approximate surface area is 140 Å². The van der Waals surface area contributed by atoms with Crippen LogP contribution in [0.4, 0.5) is 0 Å². The smallest absolute Gasteiger partial charge is 0.0958 e. The summed E-state index contributed by atoms with van der Waals surface area (Å²) in [5.74, 6) is 0. The molecule has 1 aromatic carbocycles. The maximum Gasteiger partial charge on any atom is 0.0958 e. The Morgan fingerprint density at radius 3 is 2.74 bits per heavy atom. The molecule has 1 aliphatic heterocycles. The van der Waals surface area contributed by atoms with Gasteiger partial charge in [-0.1, -0.05) is 30.3 Å². The number of rotatable bonds is 3. The van der Waals surface area contributed by atoms with Crippen LogP contribution in [-0.4, -0.2) is 32.8 Å². The first-order chi connectivity index (χ1) is 11.3. The van der Waals surface area contributed by atoms with Crippen molar-refractivity contribution in [3.8, 4) is 11.3 Å². The third-order valence-electron chi connectivity index (χ3n) is 4.53. The average molecular weight is 324 g/mol. The second kappa shape index (κ2) is 6.26. The van der Waals surface area contributed by atoms with E-state index in [4.69, 9.17) is 5.10 Å². The Morgan fingerprint density at radius 1 is 1.13 bits per heavy atom. The van der Waals surface area contributed by atoms with Crippen molar-refractivity contribution in [3.05, 3.63) is 58.2 Å². The van der Waals surface area contributed by atoms with E-state index in [-0.39, 0.29) is 0 Å². The molecule has 3 aromatic rings. The molecule has 3 heterocycles. The largest absolute Gasteiger partial charge is 0.297 e. The predicted octanol–water partition coefficient (Wildman–Crippen LogP) is 3.14. The van der Waals surface area contributed by atoms with Crippen LogP contribution in [0.5, 0.6) is 0 Å². The van der Waals surface area contributed by atoms with Gasteiger partial charge in [0.05, 0.1) is 16.9 Å². The summed E-state index contributed by atoms with van der Waals surface area (Å²) in [4.78, 5) is 6.92. The molecule has 0 aliphatic carbocycles. The van der Waals surface area contributed by atoms with E-state index in [0.29, 0.717) is 0 Å². The number of fused-ring (bicyclic) bond motifs is 1. The molecule has 0 spiro atoms. The Kier molecular flexibility index (Phi) is 3.97. The summed E-state index contributed by atoms with van der Waals surface area (Å²) in [6.45, 7) is 3.08. The number of hydrogen-bond acceptors (Lipinski definition) is 4. The molecule has 0 bridgehead atoms. The topological polar surface area (TPSA) is 34.0 Å². The average Bonchev–Trinajstić information content (AvgIpc) is 3.13. The Morgan fingerprint density at radius 2 is 1.96 bits per heavy atom. The standard InChI is InChI=1S/C18H20N4S/c1-21-17-8-10-22(11-15-12-23-13-19-15)9-7-16(17)18(20-21)14-5-3-2-4-6-14/h2-6,12-13H,7-11H2,1H3. The molecule has 118 valence electrons. The van der Waals surface area contributed by atoms with Gasteiger partial charge in [-0.3, -0.25) is 9.58 Å². The van der Waals surface area contributed by atoms with E-state index < -0.39 is 0 Å². The molecule has 0 unspecified atom stereocenters. The van der Waals surface area contributed by atoms with Gasteiger partial charge in [-0.2, -0.15) is 5.10 Å². The van der Waals surface area contributed by atoms with Crippen LogP contribution in [0.15, 0.2) is 41.2 Å². The summed E-state index contributed by atoms with van der Waals surface area (Å²) in [6, 6.07) is 10.5. The number of thiazole rings is 1. The number of benzene rings is 1. The molecule has 4 nitrogen and oxygen atoms in total. The van der Waals surface area contributed by atoms with Crippen LogP contribution in [0.2, 0.25) is 0 Å². The van der Waals surface area contributed by atoms with Gasteiger partial charge in [-0.05, 0) is 6.42 Å². The number of aryl methyl sites for hydroxylation is 1. The van der Waals surface area contributed by atoms with E-state index in [1.807, 2.05) is 5.51 Å². The zero-order valence-electron chi connectivity index (χ0n) is 13.3. The molecular weight excluding hydrogens is 304 g/mol. The zero-order chi connectivity index (χ0) is 15.6. The van der Waals surface area contributed by atoms with Crippen LogP contribution in [0, 0.1) is 0 Å². The molecule has 23 heavy (non-hydrogen) atoms. The van der Waals surface area contributed by atoms with E-state index in [0.717, 1.165) is 38.2 Å². The zero-order valence-corrected chi connectivity index (χ0v) is 14.1. The van der Waals surface area contributed by atoms with Crippen LogP contribution in [0.25, 0.3) is 11.3 Å². The van der Waals surface area contributed by atoms with Gasteiger partial charge in [0.2, 0.25) is 0 Å². The Balaban J connectivity index is 1.59. The highest BCUT2D eigenvalue weighted by atomic mass is 32.1. The molecule has 0 atom stereocenters. The van der Waals surface area contributed by atoms with Gasteiger partial charge in [0.1, 0.15) is 0 Å². The first-order valence-electron chi connectivity index (χ1n) is 8.01. The van der Waals surface area contributed by atoms with Gasteiger partial charge in [0.25, 0.3) is 0 Å². The third kappa shape index (κ3) is 2.94. The summed E-state index contributed by atoms with van der Waals surface area (Å²) < 4.78 is 2.07. The molecule has 0 fully saturated rings. The fraction of sp³-hybridized carbons (Fsp3) is 0.333.